The number of rotatable bonds is 1. The average Bonchev–Trinajstić information content (AvgIpc) is 2.85. The molecule has 2 unspecified atom stereocenters. The van der Waals surface area contributed by atoms with Crippen molar-refractivity contribution in [2.45, 2.75) is 55.6 Å². The molecule has 1 aromatic carbocycles. The molecule has 4 atom stereocenters. The van der Waals surface area contributed by atoms with E-state index in [2.05, 4.69) is 6.07 Å². The molecule has 5 heteroatoms. The number of ketones is 1. The maximum absolute atomic E-state index is 12.6. The number of benzene rings is 1. The third-order valence-corrected chi connectivity index (χ3v) is 6.98. The fraction of sp³-hybridized carbons (Fsp3) is 0.588. The summed E-state index contributed by atoms with van der Waals surface area (Å²) in [4.78, 5) is 12.6. The number of halogens is 1. The van der Waals surface area contributed by atoms with Crippen molar-refractivity contribution in [2.24, 2.45) is 5.92 Å². The van der Waals surface area contributed by atoms with E-state index in [9.17, 15) is 9.90 Å². The fourth-order valence-electron chi connectivity index (χ4n) is 5.69. The lowest BCUT2D eigenvalue weighted by atomic mass is 9.46. The first kappa shape index (κ1) is 13.6. The van der Waals surface area contributed by atoms with Gasteiger partial charge in [0.05, 0.1) is 11.0 Å². The smallest absolute Gasteiger partial charge is 0.192 e. The van der Waals surface area contributed by atoms with E-state index in [-0.39, 0.29) is 11.7 Å². The van der Waals surface area contributed by atoms with Crippen LogP contribution in [0.1, 0.15) is 43.2 Å². The molecule has 4 aliphatic rings. The zero-order valence-electron chi connectivity index (χ0n) is 12.1. The normalized spacial score (nSPS) is 40.9. The second-order valence-electron chi connectivity index (χ2n) is 7.16. The van der Waals surface area contributed by atoms with Gasteiger partial charge in [0.1, 0.15) is 0 Å². The summed E-state index contributed by atoms with van der Waals surface area (Å²) in [6.45, 7) is 0. The number of carbonyl (C=O) groups excluding carboxylic acids is 1. The van der Waals surface area contributed by atoms with Crippen molar-refractivity contribution in [3.8, 4) is 11.5 Å². The number of hydrogen-bond donors (Lipinski definition) is 1. The molecule has 5 rings (SSSR count). The van der Waals surface area contributed by atoms with E-state index in [1.165, 1.54) is 5.56 Å². The van der Waals surface area contributed by atoms with Crippen LogP contribution in [0.4, 0.5) is 0 Å². The molecular formula is C17H17IO4. The summed E-state index contributed by atoms with van der Waals surface area (Å²) < 4.78 is 11.6. The van der Waals surface area contributed by atoms with Gasteiger partial charge in [0.15, 0.2) is 46.4 Å². The van der Waals surface area contributed by atoms with Gasteiger partial charge in [0.2, 0.25) is 0 Å². The van der Waals surface area contributed by atoms with Crippen molar-refractivity contribution in [2.75, 3.05) is 0 Å². The van der Waals surface area contributed by atoms with E-state index in [0.717, 1.165) is 31.2 Å². The summed E-state index contributed by atoms with van der Waals surface area (Å²) in [5.41, 5.74) is 0.961. The zero-order valence-corrected chi connectivity index (χ0v) is 14.3. The highest BCUT2D eigenvalue weighted by atomic mass is 127. The fourth-order valence-corrected chi connectivity index (χ4v) is 6.03. The number of carbonyl (C=O) groups is 1. The highest BCUT2D eigenvalue weighted by Gasteiger charge is 2.71. The Kier molecular flexibility index (Phi) is 2.58. The van der Waals surface area contributed by atoms with Crippen LogP contribution in [-0.4, -0.2) is 22.6 Å². The maximum Gasteiger partial charge on any atom is 0.192 e. The molecule has 1 aliphatic heterocycles. The SMILES string of the molecule is O=C1CCC2(O)[C@@H]3CCC[C@@]24c2c(ccc(OI)c2OC14)C3. The van der Waals surface area contributed by atoms with Crippen molar-refractivity contribution in [1.29, 1.82) is 0 Å². The van der Waals surface area contributed by atoms with Gasteiger partial charge >= 0.3 is 0 Å². The van der Waals surface area contributed by atoms with Gasteiger partial charge < -0.3 is 12.9 Å². The lowest BCUT2D eigenvalue weighted by Crippen LogP contribution is -2.69. The molecule has 0 radical (unpaired) electrons. The molecule has 0 saturated heterocycles. The van der Waals surface area contributed by atoms with Crippen molar-refractivity contribution >= 4 is 28.8 Å². The van der Waals surface area contributed by atoms with Gasteiger partial charge in [0.25, 0.3) is 0 Å². The summed E-state index contributed by atoms with van der Waals surface area (Å²) in [6.07, 6.45) is 4.27. The van der Waals surface area contributed by atoms with Gasteiger partial charge in [-0.05, 0) is 43.2 Å². The summed E-state index contributed by atoms with van der Waals surface area (Å²) in [7, 11) is 0. The Morgan fingerprint density at radius 2 is 2.23 bits per heavy atom. The predicted molar refractivity (Wildman–Crippen MR) is 87.4 cm³/mol. The molecule has 2 bridgehead atoms. The number of hydrogen-bond acceptors (Lipinski definition) is 4. The number of Topliss-reactive ketones (excluding diaryl/α,β-unsaturated/α-hetero) is 1. The first-order chi connectivity index (χ1) is 10.6. The van der Waals surface area contributed by atoms with Gasteiger partial charge in [-0.25, -0.2) is 0 Å². The summed E-state index contributed by atoms with van der Waals surface area (Å²) in [6, 6.07) is 4.02. The van der Waals surface area contributed by atoms with Gasteiger partial charge in [-0.2, -0.15) is 0 Å². The monoisotopic (exact) mass is 412 g/mol. The molecule has 1 aromatic rings. The Hall–Kier alpha value is -0.820. The third kappa shape index (κ3) is 1.29. The zero-order chi connectivity index (χ0) is 15.1. The van der Waals surface area contributed by atoms with E-state index in [4.69, 9.17) is 7.80 Å². The van der Waals surface area contributed by atoms with E-state index in [1.54, 1.807) is 0 Å². The van der Waals surface area contributed by atoms with Crippen LogP contribution in [0.15, 0.2) is 12.1 Å². The van der Waals surface area contributed by atoms with E-state index < -0.39 is 17.1 Å². The first-order valence-electron chi connectivity index (χ1n) is 7.98. The highest BCUT2D eigenvalue weighted by molar-refractivity contribution is 14.1. The van der Waals surface area contributed by atoms with Crippen LogP contribution in [0.3, 0.4) is 0 Å². The van der Waals surface area contributed by atoms with Gasteiger partial charge in [0, 0.05) is 12.0 Å². The van der Waals surface area contributed by atoms with Crippen LogP contribution in [-0.2, 0) is 16.6 Å². The molecule has 1 N–H and O–H groups in total. The molecule has 0 amide bonds. The molecule has 22 heavy (non-hydrogen) atoms. The minimum absolute atomic E-state index is 0.133. The Labute approximate surface area is 142 Å². The van der Waals surface area contributed by atoms with E-state index >= 15 is 0 Å². The lowest BCUT2D eigenvalue weighted by molar-refractivity contribution is -0.177. The summed E-state index contributed by atoms with van der Waals surface area (Å²) in [5.74, 6) is 1.74. The average molecular weight is 412 g/mol. The van der Waals surface area contributed by atoms with Crippen LogP contribution < -0.4 is 7.80 Å². The molecule has 116 valence electrons. The minimum Gasteiger partial charge on any atom is -0.477 e. The van der Waals surface area contributed by atoms with Gasteiger partial charge in [-0.3, -0.25) is 4.79 Å². The highest BCUT2D eigenvalue weighted by Crippen LogP contribution is 2.66. The van der Waals surface area contributed by atoms with Crippen molar-refractivity contribution in [3.05, 3.63) is 23.3 Å². The predicted octanol–water partition coefficient (Wildman–Crippen LogP) is 2.86. The maximum atomic E-state index is 12.6. The van der Waals surface area contributed by atoms with Crippen molar-refractivity contribution < 1.29 is 17.7 Å². The second kappa shape index (κ2) is 4.17. The Morgan fingerprint density at radius 1 is 1.36 bits per heavy atom. The largest absolute Gasteiger partial charge is 0.477 e. The summed E-state index contributed by atoms with van der Waals surface area (Å²) in [5, 5.41) is 11.6. The first-order valence-corrected chi connectivity index (χ1v) is 8.86. The van der Waals surface area contributed by atoms with Crippen LogP contribution in [0.5, 0.6) is 11.5 Å². The Balaban J connectivity index is 1.87. The molecule has 1 spiro atoms. The van der Waals surface area contributed by atoms with Crippen molar-refractivity contribution in [3.63, 3.8) is 0 Å². The number of aliphatic hydroxyl groups is 1. The molecule has 3 aliphatic carbocycles. The molecule has 1 heterocycles. The van der Waals surface area contributed by atoms with Gasteiger partial charge in [-0.1, -0.05) is 12.5 Å². The molecular weight excluding hydrogens is 395 g/mol. The molecule has 2 saturated carbocycles. The standard InChI is InChI=1S/C17H17IO4/c18-22-12-4-3-9-8-10-2-1-6-16-13(9)14(12)21-15(16)11(19)5-7-17(10,16)20/h3-4,10,15,20H,1-2,5-8H2/t10-,15?,16+,17?/m1/s1. The van der Waals surface area contributed by atoms with Crippen LogP contribution in [0, 0.1) is 5.92 Å². The summed E-state index contributed by atoms with van der Waals surface area (Å²) >= 11 is 1.85. The van der Waals surface area contributed by atoms with Gasteiger partial charge in [-0.15, -0.1) is 0 Å². The minimum atomic E-state index is -0.800. The van der Waals surface area contributed by atoms with E-state index in [0.29, 0.717) is 24.3 Å². The van der Waals surface area contributed by atoms with Crippen LogP contribution in [0.25, 0.3) is 0 Å². The molecule has 2 fully saturated rings. The van der Waals surface area contributed by atoms with E-state index in [1.807, 2.05) is 29.1 Å². The Morgan fingerprint density at radius 3 is 3.05 bits per heavy atom. The Bertz CT molecular complexity index is 702. The van der Waals surface area contributed by atoms with Crippen LogP contribution in [0.2, 0.25) is 0 Å². The lowest BCUT2D eigenvalue weighted by Gasteiger charge is -2.59. The second-order valence-corrected chi connectivity index (χ2v) is 7.60. The molecule has 4 nitrogen and oxygen atoms in total. The van der Waals surface area contributed by atoms with Crippen LogP contribution >= 0.6 is 23.0 Å². The molecule has 0 aromatic heterocycles. The third-order valence-electron chi connectivity index (χ3n) is 6.50. The topological polar surface area (TPSA) is 55.8 Å². The number of ether oxygens (including phenoxy) is 1. The van der Waals surface area contributed by atoms with Crippen molar-refractivity contribution in [1.82, 2.24) is 0 Å². The quantitative estimate of drug-likeness (QED) is 0.721.